The van der Waals surface area contributed by atoms with Crippen molar-refractivity contribution in [1.82, 2.24) is 20.2 Å². The van der Waals surface area contributed by atoms with E-state index in [4.69, 9.17) is 0 Å². The van der Waals surface area contributed by atoms with Crippen LogP contribution in [0, 0.1) is 6.92 Å². The Morgan fingerprint density at radius 3 is 2.56 bits per heavy atom. The maximum Gasteiger partial charge on any atom is 0.225 e. The summed E-state index contributed by atoms with van der Waals surface area (Å²) in [5.41, 5.74) is 3.04. The third kappa shape index (κ3) is 3.42. The summed E-state index contributed by atoms with van der Waals surface area (Å²) in [5.74, 6) is 2.04. The molecule has 4 aromatic rings. The number of H-pyrrole nitrogens is 1. The minimum absolute atomic E-state index is 0.581. The van der Waals surface area contributed by atoms with E-state index in [0.29, 0.717) is 12.5 Å². The molecule has 0 saturated heterocycles. The summed E-state index contributed by atoms with van der Waals surface area (Å²) in [7, 11) is 0. The molecule has 0 spiro atoms. The van der Waals surface area contributed by atoms with E-state index in [1.54, 1.807) is 0 Å². The van der Waals surface area contributed by atoms with Crippen LogP contribution in [0.25, 0.3) is 10.9 Å². The number of nitrogens with one attached hydrogen (secondary N) is 3. The van der Waals surface area contributed by atoms with E-state index in [1.807, 2.05) is 55.5 Å². The van der Waals surface area contributed by atoms with Crippen molar-refractivity contribution in [1.29, 1.82) is 0 Å². The van der Waals surface area contributed by atoms with Crippen molar-refractivity contribution in [3.05, 3.63) is 71.9 Å². The molecule has 0 saturated carbocycles. The van der Waals surface area contributed by atoms with Gasteiger partial charge in [0.2, 0.25) is 5.95 Å². The number of hydrogen-bond donors (Lipinski definition) is 3. The van der Waals surface area contributed by atoms with Gasteiger partial charge in [0.1, 0.15) is 5.82 Å². The Kier molecular flexibility index (Phi) is 4.00. The van der Waals surface area contributed by atoms with E-state index in [-0.39, 0.29) is 0 Å². The van der Waals surface area contributed by atoms with Crippen LogP contribution in [0.4, 0.5) is 17.6 Å². The third-order valence-corrected chi connectivity index (χ3v) is 3.85. The Bertz CT molecular complexity index is 993. The zero-order chi connectivity index (χ0) is 17.1. The smallest absolute Gasteiger partial charge is 0.225 e. The minimum atomic E-state index is 0.581. The van der Waals surface area contributed by atoms with Gasteiger partial charge in [-0.05, 0) is 24.6 Å². The Labute approximate surface area is 145 Å². The molecule has 6 nitrogen and oxygen atoms in total. The fourth-order valence-electron chi connectivity index (χ4n) is 2.63. The van der Waals surface area contributed by atoms with Gasteiger partial charge in [0.05, 0.1) is 5.52 Å². The number of aromatic nitrogens is 4. The predicted octanol–water partition coefficient (Wildman–Crippen LogP) is 4.02. The molecule has 6 heteroatoms. The number of rotatable bonds is 5. The normalized spacial score (nSPS) is 10.8. The van der Waals surface area contributed by atoms with E-state index >= 15 is 0 Å². The molecule has 2 heterocycles. The average molecular weight is 330 g/mol. The van der Waals surface area contributed by atoms with Gasteiger partial charge in [0.25, 0.3) is 0 Å². The number of benzene rings is 2. The molecule has 0 unspecified atom stereocenters. The van der Waals surface area contributed by atoms with E-state index in [2.05, 4.69) is 42.9 Å². The van der Waals surface area contributed by atoms with E-state index in [1.165, 1.54) is 5.56 Å². The van der Waals surface area contributed by atoms with Gasteiger partial charge in [-0.3, -0.25) is 5.10 Å². The maximum atomic E-state index is 4.63. The van der Waals surface area contributed by atoms with Crippen molar-refractivity contribution >= 4 is 28.5 Å². The number of anilines is 3. The number of para-hydroxylation sites is 1. The highest BCUT2D eigenvalue weighted by molar-refractivity contribution is 5.91. The molecule has 0 bridgehead atoms. The number of fused-ring (bicyclic) bond motifs is 1. The molecule has 0 aliphatic heterocycles. The van der Waals surface area contributed by atoms with Gasteiger partial charge in [0, 0.05) is 23.7 Å². The highest BCUT2D eigenvalue weighted by Gasteiger charge is 2.09. The monoisotopic (exact) mass is 330 g/mol. The largest absolute Gasteiger partial charge is 0.350 e. The molecule has 2 aromatic heterocycles. The molecule has 0 radical (unpaired) electrons. The first-order valence-electron chi connectivity index (χ1n) is 8.11. The second kappa shape index (κ2) is 6.60. The van der Waals surface area contributed by atoms with E-state index < -0.39 is 0 Å². The lowest BCUT2D eigenvalue weighted by Crippen LogP contribution is -2.06. The number of aryl methyl sites for hydroxylation is 1. The van der Waals surface area contributed by atoms with E-state index in [9.17, 15) is 0 Å². The van der Waals surface area contributed by atoms with Crippen LogP contribution in [0.15, 0.2) is 60.7 Å². The number of aromatic amines is 1. The zero-order valence-electron chi connectivity index (χ0n) is 13.8. The maximum absolute atomic E-state index is 4.63. The second-order valence-corrected chi connectivity index (χ2v) is 5.81. The molecule has 0 aliphatic rings. The molecule has 4 rings (SSSR count). The van der Waals surface area contributed by atoms with Crippen molar-refractivity contribution in [2.75, 3.05) is 10.6 Å². The van der Waals surface area contributed by atoms with Crippen molar-refractivity contribution in [3.8, 4) is 0 Å². The highest BCUT2D eigenvalue weighted by atomic mass is 15.2. The van der Waals surface area contributed by atoms with Crippen molar-refractivity contribution in [2.45, 2.75) is 13.5 Å². The summed E-state index contributed by atoms with van der Waals surface area (Å²) in [6, 6.07) is 20.0. The molecule has 0 aliphatic carbocycles. The molecule has 25 heavy (non-hydrogen) atoms. The molecule has 0 amide bonds. The molecular formula is C19H18N6. The van der Waals surface area contributed by atoms with Gasteiger partial charge in [-0.1, -0.05) is 42.5 Å². The predicted molar refractivity (Wildman–Crippen MR) is 99.9 cm³/mol. The van der Waals surface area contributed by atoms with Crippen LogP contribution in [-0.2, 0) is 6.54 Å². The first kappa shape index (κ1) is 15.1. The molecule has 3 N–H and O–H groups in total. The van der Waals surface area contributed by atoms with Crippen molar-refractivity contribution in [3.63, 3.8) is 0 Å². The summed E-state index contributed by atoms with van der Waals surface area (Å²) in [5, 5.41) is 14.7. The molecular weight excluding hydrogens is 312 g/mol. The van der Waals surface area contributed by atoms with Gasteiger partial charge in [-0.15, -0.1) is 0 Å². The SMILES string of the molecule is Cc1cc(Nc2nc(NCc3ccccc3)nc3ccccc23)n[nH]1. The number of hydrogen-bond acceptors (Lipinski definition) is 5. The minimum Gasteiger partial charge on any atom is -0.350 e. The Balaban J connectivity index is 1.65. The average Bonchev–Trinajstić information content (AvgIpc) is 3.06. The Morgan fingerprint density at radius 1 is 0.960 bits per heavy atom. The molecule has 0 fully saturated rings. The standard InChI is InChI=1S/C19H18N6/c1-13-11-17(25-24-13)22-18-15-9-5-6-10-16(15)21-19(23-18)20-12-14-7-3-2-4-8-14/h2-11H,12H2,1H3,(H3,20,21,22,23,24,25). The van der Waals surface area contributed by atoms with Gasteiger partial charge in [-0.25, -0.2) is 4.98 Å². The van der Waals surface area contributed by atoms with Gasteiger partial charge < -0.3 is 10.6 Å². The van der Waals surface area contributed by atoms with Crippen LogP contribution < -0.4 is 10.6 Å². The first-order chi connectivity index (χ1) is 12.3. The molecule has 0 atom stereocenters. The fraction of sp³-hybridized carbons (Fsp3) is 0.105. The Morgan fingerprint density at radius 2 is 1.76 bits per heavy atom. The second-order valence-electron chi connectivity index (χ2n) is 5.81. The summed E-state index contributed by atoms with van der Waals surface area (Å²) in [6.07, 6.45) is 0. The van der Waals surface area contributed by atoms with Gasteiger partial charge >= 0.3 is 0 Å². The van der Waals surface area contributed by atoms with Crippen LogP contribution >= 0.6 is 0 Å². The highest BCUT2D eigenvalue weighted by Crippen LogP contribution is 2.24. The van der Waals surface area contributed by atoms with Crippen LogP contribution in [0.1, 0.15) is 11.3 Å². The fourth-order valence-corrected chi connectivity index (χ4v) is 2.63. The zero-order valence-corrected chi connectivity index (χ0v) is 13.8. The molecule has 2 aromatic carbocycles. The van der Waals surface area contributed by atoms with Gasteiger partial charge in [-0.2, -0.15) is 10.1 Å². The van der Waals surface area contributed by atoms with Crippen LogP contribution in [0.2, 0.25) is 0 Å². The van der Waals surface area contributed by atoms with E-state index in [0.717, 1.165) is 28.2 Å². The van der Waals surface area contributed by atoms with Crippen molar-refractivity contribution < 1.29 is 0 Å². The van der Waals surface area contributed by atoms with Crippen LogP contribution in [-0.4, -0.2) is 20.2 Å². The summed E-state index contributed by atoms with van der Waals surface area (Å²) < 4.78 is 0. The summed E-state index contributed by atoms with van der Waals surface area (Å²) in [6.45, 7) is 2.63. The third-order valence-electron chi connectivity index (χ3n) is 3.85. The summed E-state index contributed by atoms with van der Waals surface area (Å²) >= 11 is 0. The first-order valence-corrected chi connectivity index (χ1v) is 8.11. The topological polar surface area (TPSA) is 78.5 Å². The lowest BCUT2D eigenvalue weighted by Gasteiger charge is -2.10. The van der Waals surface area contributed by atoms with Crippen LogP contribution in [0.5, 0.6) is 0 Å². The van der Waals surface area contributed by atoms with Crippen LogP contribution in [0.3, 0.4) is 0 Å². The quantitative estimate of drug-likeness (QED) is 0.515. The number of nitrogens with zero attached hydrogens (tertiary/aromatic N) is 3. The lowest BCUT2D eigenvalue weighted by atomic mass is 10.2. The van der Waals surface area contributed by atoms with Gasteiger partial charge in [0.15, 0.2) is 5.82 Å². The Hall–Kier alpha value is -3.41. The molecule has 124 valence electrons. The van der Waals surface area contributed by atoms with Crippen molar-refractivity contribution in [2.24, 2.45) is 0 Å². The lowest BCUT2D eigenvalue weighted by molar-refractivity contribution is 1.04. The summed E-state index contributed by atoms with van der Waals surface area (Å²) in [4.78, 5) is 9.24.